The Labute approximate surface area is 210 Å². The highest BCUT2D eigenvalue weighted by Gasteiger charge is 2.29. The van der Waals surface area contributed by atoms with E-state index in [0.717, 1.165) is 5.41 Å². The van der Waals surface area contributed by atoms with Gasteiger partial charge in [-0.3, -0.25) is 4.72 Å². The van der Waals surface area contributed by atoms with Crippen LogP contribution in [-0.4, -0.2) is 59.4 Å². The van der Waals surface area contributed by atoms with Crippen LogP contribution in [0.4, 0.5) is 5.69 Å². The van der Waals surface area contributed by atoms with Crippen molar-refractivity contribution in [1.82, 2.24) is 4.90 Å². The minimum absolute atomic E-state index is 0.173. The molecule has 0 spiro atoms. The van der Waals surface area contributed by atoms with Crippen molar-refractivity contribution in [3.8, 4) is 23.0 Å². The van der Waals surface area contributed by atoms with Gasteiger partial charge in [0.15, 0.2) is 6.04 Å². The van der Waals surface area contributed by atoms with E-state index in [0.29, 0.717) is 40.7 Å². The number of hydrogen-bond donors (Lipinski definition) is 2. The zero-order valence-electron chi connectivity index (χ0n) is 20.3. The molecule has 2 N–H and O–H groups in total. The Bertz CT molecular complexity index is 1280. The van der Waals surface area contributed by atoms with Crippen LogP contribution in [0.5, 0.6) is 23.0 Å². The summed E-state index contributed by atoms with van der Waals surface area (Å²) in [5.41, 5.74) is 0.872. The first-order chi connectivity index (χ1) is 17.2. The lowest BCUT2D eigenvalue weighted by atomic mass is 10.0. The molecule has 1 aliphatic rings. The highest BCUT2D eigenvalue weighted by atomic mass is 32.2. The van der Waals surface area contributed by atoms with Crippen molar-refractivity contribution in [2.24, 2.45) is 0 Å². The van der Waals surface area contributed by atoms with E-state index in [1.54, 1.807) is 29.3 Å². The Morgan fingerprint density at radius 2 is 1.67 bits per heavy atom. The lowest BCUT2D eigenvalue weighted by molar-refractivity contribution is -0.142. The van der Waals surface area contributed by atoms with Crippen molar-refractivity contribution >= 4 is 27.8 Å². The predicted molar refractivity (Wildman–Crippen MR) is 136 cm³/mol. The molecule has 2 aromatic carbocycles. The molecule has 0 saturated heterocycles. The maximum absolute atomic E-state index is 12.9. The van der Waals surface area contributed by atoms with Gasteiger partial charge in [0, 0.05) is 36.1 Å². The van der Waals surface area contributed by atoms with Gasteiger partial charge in [0.25, 0.3) is 10.0 Å². The van der Waals surface area contributed by atoms with E-state index in [1.807, 2.05) is 12.2 Å². The summed E-state index contributed by atoms with van der Waals surface area (Å²) in [6.07, 6.45) is 8.37. The van der Waals surface area contributed by atoms with Crippen molar-refractivity contribution in [1.29, 1.82) is 0 Å². The van der Waals surface area contributed by atoms with Gasteiger partial charge in [0.05, 0.1) is 39.4 Å². The number of methoxy groups -OCH3 is 4. The molecule has 1 atom stereocenters. The normalized spacial score (nSPS) is 13.9. The number of benzene rings is 2. The van der Waals surface area contributed by atoms with Gasteiger partial charge in [-0.05, 0) is 30.4 Å². The van der Waals surface area contributed by atoms with Gasteiger partial charge in [-0.1, -0.05) is 12.2 Å². The molecule has 0 fully saturated rings. The maximum Gasteiger partial charge on any atom is 0.331 e. The highest BCUT2D eigenvalue weighted by Crippen LogP contribution is 2.36. The number of carbonyl (C=O) groups is 1. The van der Waals surface area contributed by atoms with Crippen LogP contribution >= 0.6 is 0 Å². The summed E-state index contributed by atoms with van der Waals surface area (Å²) in [5, 5.41) is 10.9. The standard InChI is InChI=1S/C25H28N2O8S/c1-32-18-15-22(34-3)19(23(16-18)35-4)10-13-36(30,31)26-17-8-9-21(33-2)20(14-17)24(25(28)29)27-11-6-5-7-12-27/h5-11,13-16,24,26H,12H2,1-4H3,(H,28,29)/b13-10+. The Balaban J connectivity index is 1.94. The molecule has 0 aliphatic carbocycles. The van der Waals surface area contributed by atoms with Crippen LogP contribution < -0.4 is 23.7 Å². The molecule has 1 aliphatic heterocycles. The lowest BCUT2D eigenvalue weighted by Crippen LogP contribution is -2.31. The number of ether oxygens (including phenoxy) is 4. The fraction of sp³-hybridized carbons (Fsp3) is 0.240. The summed E-state index contributed by atoms with van der Waals surface area (Å²) in [7, 11) is 1.81. The Kier molecular flexibility index (Phi) is 8.49. The molecule has 1 unspecified atom stereocenters. The molecule has 0 aromatic heterocycles. The number of nitrogens with one attached hydrogen (secondary N) is 1. The van der Waals surface area contributed by atoms with Crippen LogP contribution in [0.1, 0.15) is 17.2 Å². The Morgan fingerprint density at radius 1 is 1.00 bits per heavy atom. The molecule has 3 rings (SSSR count). The number of carboxylic acid groups (broad SMARTS) is 1. The first-order valence-electron chi connectivity index (χ1n) is 10.7. The molecule has 2 aromatic rings. The van der Waals surface area contributed by atoms with Crippen molar-refractivity contribution in [2.75, 3.05) is 39.7 Å². The summed E-state index contributed by atoms with van der Waals surface area (Å²) in [6.45, 7) is 0.376. The van der Waals surface area contributed by atoms with Gasteiger partial charge >= 0.3 is 5.97 Å². The second-order valence-electron chi connectivity index (χ2n) is 7.56. The van der Waals surface area contributed by atoms with Crippen molar-refractivity contribution < 1.29 is 37.3 Å². The predicted octanol–water partition coefficient (Wildman–Crippen LogP) is 3.64. The smallest absolute Gasteiger partial charge is 0.331 e. The molecule has 0 radical (unpaired) electrons. The fourth-order valence-corrected chi connectivity index (χ4v) is 4.53. The van der Waals surface area contributed by atoms with Crippen molar-refractivity contribution in [3.63, 3.8) is 0 Å². The van der Waals surface area contributed by atoms with E-state index in [-0.39, 0.29) is 5.69 Å². The minimum atomic E-state index is -4.01. The number of sulfonamides is 1. The van der Waals surface area contributed by atoms with Crippen LogP contribution in [0.2, 0.25) is 0 Å². The van der Waals surface area contributed by atoms with Gasteiger partial charge in [-0.25, -0.2) is 13.2 Å². The average Bonchev–Trinajstić information content (AvgIpc) is 2.87. The van der Waals surface area contributed by atoms with Gasteiger partial charge < -0.3 is 29.0 Å². The third kappa shape index (κ3) is 6.11. The number of aliphatic carboxylic acids is 1. The number of carboxylic acids is 1. The fourth-order valence-electron chi connectivity index (χ4n) is 3.69. The monoisotopic (exact) mass is 516 g/mol. The molecule has 0 amide bonds. The number of allylic oxidation sites excluding steroid dienone is 2. The zero-order chi connectivity index (χ0) is 26.3. The van der Waals surface area contributed by atoms with Gasteiger partial charge in [-0.2, -0.15) is 0 Å². The first kappa shape index (κ1) is 26.5. The average molecular weight is 517 g/mol. The molecule has 0 bridgehead atoms. The number of rotatable bonds is 11. The molecular formula is C25H28N2O8S. The summed E-state index contributed by atoms with van der Waals surface area (Å²) >= 11 is 0. The molecule has 192 valence electrons. The lowest BCUT2D eigenvalue weighted by Gasteiger charge is -2.29. The van der Waals surface area contributed by atoms with Crippen LogP contribution in [0, 0.1) is 0 Å². The molecule has 11 heteroatoms. The van der Waals surface area contributed by atoms with Crippen LogP contribution in [0.3, 0.4) is 0 Å². The Hall–Kier alpha value is -4.12. The SMILES string of the molecule is COc1cc(OC)c(/C=C/S(=O)(=O)Nc2ccc(OC)c(C(C(=O)O)N3C=CC=CC3)c2)c(OC)c1. The van der Waals surface area contributed by atoms with E-state index < -0.39 is 22.0 Å². The van der Waals surface area contributed by atoms with Crippen molar-refractivity contribution in [2.45, 2.75) is 6.04 Å². The minimum Gasteiger partial charge on any atom is -0.496 e. The second kappa shape index (κ2) is 11.5. The van der Waals surface area contributed by atoms with Gasteiger partial charge in [0.2, 0.25) is 0 Å². The zero-order valence-corrected chi connectivity index (χ0v) is 21.1. The van der Waals surface area contributed by atoms with Gasteiger partial charge in [0.1, 0.15) is 23.0 Å². The van der Waals surface area contributed by atoms with Crippen LogP contribution in [0.25, 0.3) is 6.08 Å². The molecule has 10 nitrogen and oxygen atoms in total. The maximum atomic E-state index is 12.9. The Morgan fingerprint density at radius 3 is 2.19 bits per heavy atom. The number of anilines is 1. The first-order valence-corrected chi connectivity index (χ1v) is 12.3. The summed E-state index contributed by atoms with van der Waals surface area (Å²) in [6, 6.07) is 6.58. The summed E-state index contributed by atoms with van der Waals surface area (Å²) < 4.78 is 49.5. The third-order valence-electron chi connectivity index (χ3n) is 5.36. The molecular weight excluding hydrogens is 488 g/mol. The van der Waals surface area contributed by atoms with E-state index >= 15 is 0 Å². The van der Waals surface area contributed by atoms with E-state index in [1.165, 1.54) is 52.7 Å². The van der Waals surface area contributed by atoms with E-state index in [9.17, 15) is 18.3 Å². The number of hydrogen-bond acceptors (Lipinski definition) is 8. The van der Waals surface area contributed by atoms with Crippen LogP contribution in [-0.2, 0) is 14.8 Å². The van der Waals surface area contributed by atoms with E-state index in [2.05, 4.69) is 4.72 Å². The summed E-state index contributed by atoms with van der Waals surface area (Å²) in [5.74, 6) is 0.414. The molecule has 1 heterocycles. The van der Waals surface area contributed by atoms with Crippen LogP contribution in [0.15, 0.2) is 60.2 Å². The molecule has 0 saturated carbocycles. The quantitative estimate of drug-likeness (QED) is 0.461. The molecule has 36 heavy (non-hydrogen) atoms. The highest BCUT2D eigenvalue weighted by molar-refractivity contribution is 7.95. The summed E-state index contributed by atoms with van der Waals surface area (Å²) in [4.78, 5) is 13.8. The van der Waals surface area contributed by atoms with E-state index in [4.69, 9.17) is 18.9 Å². The topological polar surface area (TPSA) is 124 Å². The largest absolute Gasteiger partial charge is 0.496 e. The van der Waals surface area contributed by atoms with Gasteiger partial charge in [-0.15, -0.1) is 0 Å². The third-order valence-corrected chi connectivity index (χ3v) is 6.37. The second-order valence-corrected chi connectivity index (χ2v) is 9.13. The number of nitrogens with zero attached hydrogens (tertiary/aromatic N) is 1. The van der Waals surface area contributed by atoms with Crippen molar-refractivity contribution in [3.05, 3.63) is 71.3 Å².